The first-order valence-electron chi connectivity index (χ1n) is 7.77. The van der Waals surface area contributed by atoms with Gasteiger partial charge in [0.15, 0.2) is 0 Å². The summed E-state index contributed by atoms with van der Waals surface area (Å²) in [5.74, 6) is 3.09. The Labute approximate surface area is 130 Å². The molecule has 19 heavy (non-hydrogen) atoms. The summed E-state index contributed by atoms with van der Waals surface area (Å²) in [6.07, 6.45) is 7.45. The van der Waals surface area contributed by atoms with Crippen molar-refractivity contribution in [2.45, 2.75) is 68.3 Å². The zero-order chi connectivity index (χ0) is 13.8. The third-order valence-electron chi connectivity index (χ3n) is 6.16. The minimum Gasteiger partial charge on any atom is -0.458 e. The summed E-state index contributed by atoms with van der Waals surface area (Å²) in [5, 5.41) is 0. The van der Waals surface area contributed by atoms with Crippen LogP contribution < -0.4 is 0 Å². The maximum Gasteiger partial charge on any atom is 0.322 e. The first kappa shape index (κ1) is 14.2. The van der Waals surface area contributed by atoms with Gasteiger partial charge in [-0.1, -0.05) is 29.5 Å². The van der Waals surface area contributed by atoms with Crippen LogP contribution in [0.5, 0.6) is 0 Å². The van der Waals surface area contributed by atoms with Crippen LogP contribution in [0, 0.1) is 23.7 Å². The Morgan fingerprint density at radius 3 is 2.11 bits per heavy atom. The lowest BCUT2D eigenvalue weighted by Crippen LogP contribution is -2.59. The van der Waals surface area contributed by atoms with Gasteiger partial charge in [-0.3, -0.25) is 4.79 Å². The van der Waals surface area contributed by atoms with E-state index in [1.54, 1.807) is 0 Å². The van der Waals surface area contributed by atoms with Crippen molar-refractivity contribution in [1.29, 1.82) is 0 Å². The maximum atomic E-state index is 12.5. The summed E-state index contributed by atoms with van der Waals surface area (Å²) in [5.41, 5.74) is -0.174. The molecule has 108 valence electrons. The average Bonchev–Trinajstić information content (AvgIpc) is 2.35. The molecule has 0 aromatic heterocycles. The Morgan fingerprint density at radius 1 is 1.21 bits per heavy atom. The molecule has 4 rings (SSSR count). The van der Waals surface area contributed by atoms with Crippen molar-refractivity contribution in [1.82, 2.24) is 0 Å². The topological polar surface area (TPSA) is 26.3 Å². The van der Waals surface area contributed by atoms with Gasteiger partial charge in [-0.25, -0.2) is 0 Å². The van der Waals surface area contributed by atoms with Gasteiger partial charge in [-0.05, 0) is 76.0 Å². The van der Waals surface area contributed by atoms with Crippen LogP contribution in [0.3, 0.4) is 0 Å². The molecule has 0 aromatic carbocycles. The van der Waals surface area contributed by atoms with E-state index in [2.05, 4.69) is 36.4 Å². The minimum atomic E-state index is -0.366. The normalized spacial score (nSPS) is 46.9. The number of ether oxygens (including phenoxy) is 1. The van der Waals surface area contributed by atoms with Crippen molar-refractivity contribution < 1.29 is 9.53 Å². The van der Waals surface area contributed by atoms with Crippen LogP contribution in [-0.2, 0) is 9.53 Å². The molecular weight excluding hydrogens is 351 g/mol. The molecule has 0 radical (unpaired) electrons. The quantitative estimate of drug-likeness (QED) is 0.416. The van der Waals surface area contributed by atoms with Crippen LogP contribution >= 0.6 is 22.6 Å². The molecule has 3 heteroatoms. The Kier molecular flexibility index (Phi) is 3.43. The second kappa shape index (κ2) is 4.60. The van der Waals surface area contributed by atoms with Crippen molar-refractivity contribution in [2.24, 2.45) is 23.7 Å². The summed E-state index contributed by atoms with van der Waals surface area (Å²) in [4.78, 5) is 12.5. The van der Waals surface area contributed by atoms with Crippen molar-refractivity contribution in [3.63, 3.8) is 0 Å². The number of alkyl halides is 1. The van der Waals surface area contributed by atoms with E-state index in [1.165, 1.54) is 32.1 Å². The van der Waals surface area contributed by atoms with Gasteiger partial charge in [0.1, 0.15) is 9.02 Å². The molecule has 0 amide bonds. The first-order valence-corrected chi connectivity index (χ1v) is 8.85. The monoisotopic (exact) mass is 376 g/mol. The predicted octanol–water partition coefficient (Wildman–Crippen LogP) is 4.35. The lowest BCUT2D eigenvalue weighted by Gasteiger charge is -2.59. The largest absolute Gasteiger partial charge is 0.458 e. The number of hydrogen-bond acceptors (Lipinski definition) is 2. The first-order chi connectivity index (χ1) is 8.85. The Balaban J connectivity index is 1.78. The summed E-state index contributed by atoms with van der Waals surface area (Å²) in [6, 6.07) is 0. The molecule has 4 saturated carbocycles. The van der Waals surface area contributed by atoms with Gasteiger partial charge in [-0.15, -0.1) is 0 Å². The molecule has 4 aliphatic rings. The third-order valence-corrected chi connectivity index (χ3v) is 7.36. The van der Waals surface area contributed by atoms with Crippen molar-refractivity contribution in [3.05, 3.63) is 0 Å². The summed E-state index contributed by atoms with van der Waals surface area (Å²) >= 11 is 2.25. The SMILES string of the molecule is CCC(C)(I)C(=O)OC1(C)C2CC3CC(C2)CC1C3. The highest BCUT2D eigenvalue weighted by Crippen LogP contribution is 2.59. The molecular formula is C16H25IO2. The fourth-order valence-electron chi connectivity index (χ4n) is 4.74. The molecule has 0 spiro atoms. The van der Waals surface area contributed by atoms with Crippen molar-refractivity contribution in [2.75, 3.05) is 0 Å². The van der Waals surface area contributed by atoms with Gasteiger partial charge in [0.25, 0.3) is 0 Å². The van der Waals surface area contributed by atoms with Gasteiger partial charge < -0.3 is 4.74 Å². The number of esters is 1. The van der Waals surface area contributed by atoms with E-state index in [4.69, 9.17) is 4.74 Å². The zero-order valence-electron chi connectivity index (χ0n) is 12.2. The Bertz CT molecular complexity index is 360. The van der Waals surface area contributed by atoms with E-state index in [-0.39, 0.29) is 15.0 Å². The van der Waals surface area contributed by atoms with E-state index >= 15 is 0 Å². The highest BCUT2D eigenvalue weighted by Gasteiger charge is 2.57. The van der Waals surface area contributed by atoms with E-state index in [1.807, 2.05) is 6.92 Å². The standard InChI is InChI=1S/C16H25IO2/c1-4-15(2,17)14(18)19-16(3)12-6-10-5-11(8-12)9-13(16)7-10/h10-13H,4-9H2,1-3H3. The van der Waals surface area contributed by atoms with E-state index < -0.39 is 0 Å². The number of hydrogen-bond donors (Lipinski definition) is 0. The summed E-state index contributed by atoms with van der Waals surface area (Å²) in [6.45, 7) is 6.28. The molecule has 0 heterocycles. The molecule has 0 saturated heterocycles. The molecule has 4 fully saturated rings. The number of rotatable bonds is 3. The fraction of sp³-hybridized carbons (Fsp3) is 0.938. The van der Waals surface area contributed by atoms with E-state index in [0.717, 1.165) is 18.3 Å². The van der Waals surface area contributed by atoms with Gasteiger partial charge in [0, 0.05) is 0 Å². The highest BCUT2D eigenvalue weighted by molar-refractivity contribution is 14.1. The maximum absolute atomic E-state index is 12.5. The van der Waals surface area contributed by atoms with Gasteiger partial charge in [-0.2, -0.15) is 0 Å². The lowest BCUT2D eigenvalue weighted by molar-refractivity contribution is -0.204. The van der Waals surface area contributed by atoms with Crippen LogP contribution in [-0.4, -0.2) is 15.0 Å². The lowest BCUT2D eigenvalue weighted by atomic mass is 9.50. The molecule has 2 nitrogen and oxygen atoms in total. The van der Waals surface area contributed by atoms with Crippen molar-refractivity contribution in [3.8, 4) is 0 Å². The number of carbonyl (C=O) groups is 1. The Hall–Kier alpha value is 0.200. The van der Waals surface area contributed by atoms with Gasteiger partial charge in [0.2, 0.25) is 0 Å². The minimum absolute atomic E-state index is 0.00516. The molecule has 0 aliphatic heterocycles. The van der Waals surface area contributed by atoms with E-state index in [9.17, 15) is 4.79 Å². The molecule has 1 atom stereocenters. The summed E-state index contributed by atoms with van der Waals surface area (Å²) in [7, 11) is 0. The van der Waals surface area contributed by atoms with Crippen LogP contribution in [0.4, 0.5) is 0 Å². The molecule has 0 aromatic rings. The molecule has 4 aliphatic carbocycles. The molecule has 1 unspecified atom stereocenters. The van der Waals surface area contributed by atoms with Crippen LogP contribution in [0.1, 0.15) is 59.3 Å². The molecule has 0 N–H and O–H groups in total. The predicted molar refractivity (Wildman–Crippen MR) is 84.3 cm³/mol. The number of carbonyl (C=O) groups excluding carboxylic acids is 1. The Morgan fingerprint density at radius 2 is 1.68 bits per heavy atom. The highest BCUT2D eigenvalue weighted by atomic mass is 127. The van der Waals surface area contributed by atoms with Gasteiger partial charge >= 0.3 is 5.97 Å². The smallest absolute Gasteiger partial charge is 0.322 e. The molecule has 4 bridgehead atoms. The summed E-state index contributed by atoms with van der Waals surface area (Å²) < 4.78 is 5.76. The second-order valence-corrected chi connectivity index (χ2v) is 9.81. The van der Waals surface area contributed by atoms with Crippen LogP contribution in [0.15, 0.2) is 0 Å². The van der Waals surface area contributed by atoms with Gasteiger partial charge in [0.05, 0.1) is 0 Å². The van der Waals surface area contributed by atoms with Crippen molar-refractivity contribution >= 4 is 28.6 Å². The van der Waals surface area contributed by atoms with E-state index in [0.29, 0.717) is 11.8 Å². The number of halogens is 1. The van der Waals surface area contributed by atoms with Crippen LogP contribution in [0.2, 0.25) is 0 Å². The zero-order valence-corrected chi connectivity index (χ0v) is 14.4. The van der Waals surface area contributed by atoms with Crippen LogP contribution in [0.25, 0.3) is 0 Å². The average molecular weight is 376 g/mol. The second-order valence-electron chi connectivity index (χ2n) is 7.43. The fourth-order valence-corrected chi connectivity index (χ4v) is 4.85. The third kappa shape index (κ3) is 2.24.